The van der Waals surface area contributed by atoms with Gasteiger partial charge < -0.3 is 15.4 Å². The van der Waals surface area contributed by atoms with Gasteiger partial charge in [0, 0.05) is 5.02 Å². The molecule has 2 N–H and O–H groups in total. The molecule has 1 saturated heterocycles. The van der Waals surface area contributed by atoms with E-state index in [9.17, 15) is 27.6 Å². The number of benzene rings is 1. The van der Waals surface area contributed by atoms with Crippen LogP contribution in [0.3, 0.4) is 0 Å². The van der Waals surface area contributed by atoms with E-state index in [1.54, 1.807) is 0 Å². The lowest BCUT2D eigenvalue weighted by Crippen LogP contribution is -2.54. The van der Waals surface area contributed by atoms with Crippen molar-refractivity contribution in [2.45, 2.75) is 51.7 Å². The Bertz CT molecular complexity index is 937. The molecule has 2 unspecified atom stereocenters. The third-order valence-corrected chi connectivity index (χ3v) is 5.77. The number of hydrogen-bond donors (Lipinski definition) is 2. The highest BCUT2D eigenvalue weighted by atomic mass is 35.5. The second kappa shape index (κ2) is 8.46. The van der Waals surface area contributed by atoms with E-state index in [1.165, 1.54) is 18.2 Å². The molecule has 0 aromatic heterocycles. The fourth-order valence-electron chi connectivity index (χ4n) is 4.87. The zero-order valence-electron chi connectivity index (χ0n) is 17.9. The Balaban J connectivity index is 1.72. The van der Waals surface area contributed by atoms with Gasteiger partial charge in [0.2, 0.25) is 5.91 Å². The zero-order valence-corrected chi connectivity index (χ0v) is 18.7. The van der Waals surface area contributed by atoms with Crippen molar-refractivity contribution in [1.29, 1.82) is 0 Å². The topological polar surface area (TPSA) is 87.7 Å². The number of alkyl halides is 3. The fourth-order valence-corrected chi connectivity index (χ4v) is 5.04. The van der Waals surface area contributed by atoms with Crippen LogP contribution in [-0.4, -0.2) is 47.6 Å². The molecule has 2 atom stereocenters. The first-order valence-corrected chi connectivity index (χ1v) is 10.5. The number of nitrogens with one attached hydrogen (secondary N) is 2. The summed E-state index contributed by atoms with van der Waals surface area (Å²) < 4.78 is 42.2. The van der Waals surface area contributed by atoms with E-state index in [0.717, 1.165) is 11.3 Å². The molecule has 4 amide bonds. The molecule has 2 fully saturated rings. The lowest BCUT2D eigenvalue weighted by atomic mass is 9.64. The minimum absolute atomic E-state index is 0.0964. The largest absolute Gasteiger partial charge is 0.482 e. The van der Waals surface area contributed by atoms with Crippen LogP contribution in [0.2, 0.25) is 5.02 Å². The summed E-state index contributed by atoms with van der Waals surface area (Å²) in [6.07, 6.45) is -2.73. The number of carbonyl (C=O) groups is 3. The Morgan fingerprint density at radius 3 is 2.62 bits per heavy atom. The van der Waals surface area contributed by atoms with E-state index in [0.29, 0.717) is 12.8 Å². The summed E-state index contributed by atoms with van der Waals surface area (Å²) in [6, 6.07) is 3.06. The second-order valence-corrected chi connectivity index (χ2v) is 9.79. The summed E-state index contributed by atoms with van der Waals surface area (Å²) in [5, 5.41) is 5.31. The Kier molecular flexibility index (Phi) is 6.38. The standard InChI is InChI=1S/C21H25ClF3N3O4/c1-12-7-19(2,3)10-20(8-12)17(30)28(18(31)27-20)9-16(29)26-14-6-13(22)4-5-15(14)32-11-21(23,24)25/h4-6,12H,7-11H2,1-3H3,(H,26,29)(H,27,31). The van der Waals surface area contributed by atoms with Crippen LogP contribution >= 0.6 is 11.6 Å². The molecule has 0 bridgehead atoms. The second-order valence-electron chi connectivity index (χ2n) is 9.35. The van der Waals surface area contributed by atoms with Gasteiger partial charge in [-0.3, -0.25) is 14.5 Å². The van der Waals surface area contributed by atoms with Crippen molar-refractivity contribution in [3.63, 3.8) is 0 Å². The molecular formula is C21H25ClF3N3O4. The number of carbonyl (C=O) groups excluding carboxylic acids is 3. The minimum Gasteiger partial charge on any atom is -0.482 e. The minimum atomic E-state index is -4.57. The average molecular weight is 476 g/mol. The van der Waals surface area contributed by atoms with Crippen LogP contribution in [0.4, 0.5) is 23.7 Å². The summed E-state index contributed by atoms with van der Waals surface area (Å²) in [5.41, 5.74) is -1.32. The number of halogens is 4. The maximum absolute atomic E-state index is 13.1. The normalized spacial score (nSPS) is 25.1. The number of urea groups is 1. The van der Waals surface area contributed by atoms with E-state index in [1.807, 2.05) is 20.8 Å². The molecule has 3 rings (SSSR count). The number of hydrogen-bond acceptors (Lipinski definition) is 4. The predicted octanol–water partition coefficient (Wildman–Crippen LogP) is 4.36. The lowest BCUT2D eigenvalue weighted by molar-refractivity contribution is -0.153. The smallest absolute Gasteiger partial charge is 0.422 e. The number of anilines is 1. The molecule has 1 aliphatic carbocycles. The first kappa shape index (κ1) is 24.2. The number of amides is 4. The van der Waals surface area contributed by atoms with Gasteiger partial charge in [0.1, 0.15) is 17.8 Å². The summed E-state index contributed by atoms with van der Waals surface area (Å²) >= 11 is 5.89. The maximum Gasteiger partial charge on any atom is 0.422 e. The third kappa shape index (κ3) is 5.46. The van der Waals surface area contributed by atoms with Gasteiger partial charge in [-0.25, -0.2) is 4.79 Å². The molecule has 1 aliphatic heterocycles. The maximum atomic E-state index is 13.1. The van der Waals surface area contributed by atoms with Crippen LogP contribution < -0.4 is 15.4 Å². The van der Waals surface area contributed by atoms with Crippen LogP contribution in [-0.2, 0) is 9.59 Å². The van der Waals surface area contributed by atoms with Gasteiger partial charge in [0.25, 0.3) is 5.91 Å². The summed E-state index contributed by atoms with van der Waals surface area (Å²) in [4.78, 5) is 39.1. The zero-order chi connectivity index (χ0) is 23.9. The van der Waals surface area contributed by atoms with Crippen LogP contribution in [0.5, 0.6) is 5.75 Å². The SMILES string of the molecule is CC1CC(C)(C)CC2(C1)NC(=O)N(CC(=O)Nc1cc(Cl)ccc1OCC(F)(F)F)C2=O. The molecule has 11 heteroatoms. The number of ether oxygens (including phenoxy) is 1. The lowest BCUT2D eigenvalue weighted by Gasteiger charge is -2.43. The number of imide groups is 1. The van der Waals surface area contributed by atoms with Gasteiger partial charge in [0.05, 0.1) is 5.69 Å². The van der Waals surface area contributed by atoms with Crippen molar-refractivity contribution >= 4 is 35.1 Å². The van der Waals surface area contributed by atoms with Gasteiger partial charge in [-0.05, 0) is 48.8 Å². The Morgan fingerprint density at radius 2 is 2.00 bits per heavy atom. The van der Waals surface area contributed by atoms with Crippen molar-refractivity contribution in [3.8, 4) is 5.75 Å². The molecule has 1 heterocycles. The van der Waals surface area contributed by atoms with Crippen LogP contribution in [0, 0.1) is 11.3 Å². The molecule has 1 saturated carbocycles. The molecule has 1 aromatic rings. The van der Waals surface area contributed by atoms with E-state index in [2.05, 4.69) is 10.6 Å². The van der Waals surface area contributed by atoms with Crippen molar-refractivity contribution in [3.05, 3.63) is 23.2 Å². The Morgan fingerprint density at radius 1 is 1.31 bits per heavy atom. The molecular weight excluding hydrogens is 451 g/mol. The van der Waals surface area contributed by atoms with E-state index < -0.39 is 42.7 Å². The first-order chi connectivity index (χ1) is 14.7. The fraction of sp³-hybridized carbons (Fsp3) is 0.571. The van der Waals surface area contributed by atoms with Gasteiger partial charge in [-0.1, -0.05) is 32.4 Å². The van der Waals surface area contributed by atoms with E-state index >= 15 is 0 Å². The molecule has 1 spiro atoms. The first-order valence-electron chi connectivity index (χ1n) is 10.1. The Labute approximate surface area is 188 Å². The highest BCUT2D eigenvalue weighted by Gasteiger charge is 2.56. The molecule has 7 nitrogen and oxygen atoms in total. The number of nitrogens with zero attached hydrogens (tertiary/aromatic N) is 1. The van der Waals surface area contributed by atoms with Crippen LogP contribution in [0.25, 0.3) is 0 Å². The molecule has 32 heavy (non-hydrogen) atoms. The monoisotopic (exact) mass is 475 g/mol. The van der Waals surface area contributed by atoms with Gasteiger partial charge in [0.15, 0.2) is 6.61 Å². The highest BCUT2D eigenvalue weighted by Crippen LogP contribution is 2.46. The third-order valence-electron chi connectivity index (χ3n) is 5.53. The van der Waals surface area contributed by atoms with Gasteiger partial charge in [-0.15, -0.1) is 0 Å². The summed E-state index contributed by atoms with van der Waals surface area (Å²) in [6.45, 7) is 3.92. The van der Waals surface area contributed by atoms with Gasteiger partial charge in [-0.2, -0.15) is 13.2 Å². The van der Waals surface area contributed by atoms with E-state index in [-0.39, 0.29) is 27.8 Å². The molecule has 176 valence electrons. The van der Waals surface area contributed by atoms with Crippen LogP contribution in [0.1, 0.15) is 40.0 Å². The predicted molar refractivity (Wildman–Crippen MR) is 111 cm³/mol. The van der Waals surface area contributed by atoms with Gasteiger partial charge >= 0.3 is 12.2 Å². The molecule has 0 radical (unpaired) electrons. The van der Waals surface area contributed by atoms with Crippen molar-refractivity contribution in [2.24, 2.45) is 11.3 Å². The quantitative estimate of drug-likeness (QED) is 0.619. The van der Waals surface area contributed by atoms with Crippen LogP contribution in [0.15, 0.2) is 18.2 Å². The average Bonchev–Trinajstić information content (AvgIpc) is 2.82. The van der Waals surface area contributed by atoms with Crippen molar-refractivity contribution < 1.29 is 32.3 Å². The summed E-state index contributed by atoms with van der Waals surface area (Å²) in [5.74, 6) is -1.28. The molecule has 2 aliphatic rings. The van der Waals surface area contributed by atoms with Crippen molar-refractivity contribution in [1.82, 2.24) is 10.2 Å². The van der Waals surface area contributed by atoms with E-state index in [4.69, 9.17) is 16.3 Å². The number of rotatable bonds is 5. The van der Waals surface area contributed by atoms with Crippen molar-refractivity contribution in [2.75, 3.05) is 18.5 Å². The highest BCUT2D eigenvalue weighted by molar-refractivity contribution is 6.31. The Hall–Kier alpha value is -2.49. The molecule has 1 aromatic carbocycles. The summed E-state index contributed by atoms with van der Waals surface area (Å²) in [7, 11) is 0.